The Balaban J connectivity index is 1.77. The van der Waals surface area contributed by atoms with Crippen LogP contribution in [0.2, 0.25) is 0 Å². The molecule has 0 saturated carbocycles. The van der Waals surface area contributed by atoms with Crippen LogP contribution >= 0.6 is 15.9 Å². The molecule has 6 heteroatoms. The fourth-order valence-electron chi connectivity index (χ4n) is 3.13. The molecule has 2 aromatic carbocycles. The smallest absolute Gasteiger partial charge is 0.232 e. The second-order valence-electron chi connectivity index (χ2n) is 6.21. The number of halogens is 2. The van der Waals surface area contributed by atoms with E-state index in [-0.39, 0.29) is 24.1 Å². The number of nitrogens with zero attached hydrogens (tertiary/aromatic N) is 2. The largest absolute Gasteiger partial charge is 0.315 e. The Hall–Kier alpha value is -2.21. The summed E-state index contributed by atoms with van der Waals surface area (Å²) in [6.07, 6.45) is 0.163. The summed E-state index contributed by atoms with van der Waals surface area (Å²) in [5.74, 6) is -0.978. The topological polar surface area (TPSA) is 40.6 Å². The number of carbonyl (C=O) groups excluding carboxylic acids is 2. The van der Waals surface area contributed by atoms with E-state index in [1.54, 1.807) is 29.0 Å². The van der Waals surface area contributed by atoms with Gasteiger partial charge >= 0.3 is 0 Å². The molecule has 0 N–H and O–H groups in total. The number of hydrogen-bond donors (Lipinski definition) is 0. The van der Waals surface area contributed by atoms with Gasteiger partial charge in [0, 0.05) is 35.9 Å². The quantitative estimate of drug-likeness (QED) is 0.777. The fraction of sp³-hybridized carbons (Fsp3) is 0.263. The molecule has 2 amide bonds. The van der Waals surface area contributed by atoms with E-state index in [0.717, 1.165) is 15.7 Å². The van der Waals surface area contributed by atoms with Crippen molar-refractivity contribution in [2.75, 3.05) is 23.4 Å². The zero-order valence-electron chi connectivity index (χ0n) is 14.0. The Labute approximate surface area is 154 Å². The van der Waals surface area contributed by atoms with Gasteiger partial charge in [0.2, 0.25) is 11.8 Å². The second kappa shape index (κ2) is 6.96. The van der Waals surface area contributed by atoms with Crippen LogP contribution < -0.4 is 9.80 Å². The number of aryl methyl sites for hydroxylation is 1. The molecule has 1 fully saturated rings. The van der Waals surface area contributed by atoms with Crippen molar-refractivity contribution in [2.24, 2.45) is 5.92 Å². The molecule has 0 bridgehead atoms. The van der Waals surface area contributed by atoms with Crippen molar-refractivity contribution in [1.29, 1.82) is 0 Å². The molecule has 0 aromatic heterocycles. The van der Waals surface area contributed by atoms with Gasteiger partial charge in [-0.15, -0.1) is 0 Å². The highest BCUT2D eigenvalue weighted by molar-refractivity contribution is 9.10. The Kier molecular flexibility index (Phi) is 4.90. The normalized spacial score (nSPS) is 17.0. The molecular weight excluding hydrogens is 387 g/mol. The predicted molar refractivity (Wildman–Crippen MR) is 99.1 cm³/mol. The van der Waals surface area contributed by atoms with E-state index < -0.39 is 5.92 Å². The Morgan fingerprint density at radius 2 is 1.92 bits per heavy atom. The van der Waals surface area contributed by atoms with Crippen LogP contribution in [0.3, 0.4) is 0 Å². The molecule has 1 atom stereocenters. The summed E-state index contributed by atoms with van der Waals surface area (Å²) < 4.78 is 14.0. The van der Waals surface area contributed by atoms with E-state index in [1.807, 2.05) is 25.1 Å². The van der Waals surface area contributed by atoms with Crippen LogP contribution in [-0.2, 0) is 9.59 Å². The molecule has 1 saturated heterocycles. The second-order valence-corrected chi connectivity index (χ2v) is 7.13. The van der Waals surface area contributed by atoms with E-state index in [2.05, 4.69) is 15.9 Å². The maximum Gasteiger partial charge on any atom is 0.232 e. The molecule has 1 heterocycles. The number of anilines is 2. The van der Waals surface area contributed by atoms with Crippen LogP contribution in [-0.4, -0.2) is 25.4 Å². The number of rotatable bonds is 3. The summed E-state index contributed by atoms with van der Waals surface area (Å²) in [7, 11) is 1.73. The SMILES string of the molecule is Cc1cc(Br)ccc1N(C)C(=O)C1CC(=O)N(c2ccc(F)cc2)C1. The zero-order valence-corrected chi connectivity index (χ0v) is 15.6. The Morgan fingerprint density at radius 1 is 1.24 bits per heavy atom. The lowest BCUT2D eigenvalue weighted by atomic mass is 10.1. The van der Waals surface area contributed by atoms with E-state index in [9.17, 15) is 14.0 Å². The van der Waals surface area contributed by atoms with Gasteiger partial charge in [-0.1, -0.05) is 15.9 Å². The molecule has 2 aromatic rings. The van der Waals surface area contributed by atoms with E-state index in [0.29, 0.717) is 12.2 Å². The lowest BCUT2D eigenvalue weighted by Crippen LogP contribution is -2.35. The minimum Gasteiger partial charge on any atom is -0.315 e. The molecule has 1 aliphatic rings. The summed E-state index contributed by atoms with van der Waals surface area (Å²) in [5.41, 5.74) is 2.41. The van der Waals surface area contributed by atoms with Crippen molar-refractivity contribution in [3.05, 3.63) is 58.3 Å². The minimum absolute atomic E-state index is 0.0941. The highest BCUT2D eigenvalue weighted by atomic mass is 79.9. The molecule has 3 rings (SSSR count). The maximum absolute atomic E-state index is 13.1. The van der Waals surface area contributed by atoms with Crippen LogP contribution in [0.15, 0.2) is 46.9 Å². The third-order valence-corrected chi connectivity index (χ3v) is 4.96. The predicted octanol–water partition coefficient (Wildman–Crippen LogP) is 3.91. The van der Waals surface area contributed by atoms with Crippen molar-refractivity contribution < 1.29 is 14.0 Å². The van der Waals surface area contributed by atoms with Gasteiger partial charge in [0.05, 0.1) is 5.92 Å². The number of hydrogen-bond acceptors (Lipinski definition) is 2. The molecule has 0 radical (unpaired) electrons. The highest BCUT2D eigenvalue weighted by Crippen LogP contribution is 2.29. The van der Waals surface area contributed by atoms with Gasteiger partial charge in [0.15, 0.2) is 0 Å². The summed E-state index contributed by atoms with van der Waals surface area (Å²) in [5, 5.41) is 0. The van der Waals surface area contributed by atoms with Gasteiger partial charge in [0.1, 0.15) is 5.82 Å². The molecule has 4 nitrogen and oxygen atoms in total. The molecule has 0 spiro atoms. The Morgan fingerprint density at radius 3 is 2.56 bits per heavy atom. The van der Waals surface area contributed by atoms with E-state index in [1.165, 1.54) is 12.1 Å². The summed E-state index contributed by atoms with van der Waals surface area (Å²) in [6.45, 7) is 2.25. The zero-order chi connectivity index (χ0) is 18.1. The van der Waals surface area contributed by atoms with Crippen LogP contribution in [0.5, 0.6) is 0 Å². The van der Waals surface area contributed by atoms with Crippen molar-refractivity contribution in [1.82, 2.24) is 0 Å². The van der Waals surface area contributed by atoms with Gasteiger partial charge in [0.25, 0.3) is 0 Å². The molecular formula is C19H18BrFN2O2. The third kappa shape index (κ3) is 3.58. The molecule has 25 heavy (non-hydrogen) atoms. The summed E-state index contributed by atoms with van der Waals surface area (Å²) in [6, 6.07) is 11.5. The molecule has 1 aliphatic heterocycles. The maximum atomic E-state index is 13.1. The van der Waals surface area contributed by atoms with Crippen LogP contribution in [0.4, 0.5) is 15.8 Å². The first-order valence-electron chi connectivity index (χ1n) is 7.96. The standard InChI is InChI=1S/C19H18BrFN2O2/c1-12-9-14(20)3-8-17(12)22(2)19(25)13-10-18(24)23(11-13)16-6-4-15(21)5-7-16/h3-9,13H,10-11H2,1-2H3. The van der Waals surface area contributed by atoms with Gasteiger partial charge in [-0.2, -0.15) is 0 Å². The third-order valence-electron chi connectivity index (χ3n) is 4.46. The van der Waals surface area contributed by atoms with Gasteiger partial charge in [-0.3, -0.25) is 9.59 Å². The van der Waals surface area contributed by atoms with Gasteiger partial charge in [-0.25, -0.2) is 4.39 Å². The first-order chi connectivity index (χ1) is 11.9. The average molecular weight is 405 g/mol. The summed E-state index contributed by atoms with van der Waals surface area (Å²) in [4.78, 5) is 28.3. The van der Waals surface area contributed by atoms with Gasteiger partial charge < -0.3 is 9.80 Å². The number of carbonyl (C=O) groups is 2. The van der Waals surface area contributed by atoms with Crippen molar-refractivity contribution in [3.63, 3.8) is 0 Å². The highest BCUT2D eigenvalue weighted by Gasteiger charge is 2.37. The minimum atomic E-state index is -0.411. The molecule has 0 aliphatic carbocycles. The van der Waals surface area contributed by atoms with E-state index in [4.69, 9.17) is 0 Å². The lowest BCUT2D eigenvalue weighted by molar-refractivity contribution is -0.124. The monoisotopic (exact) mass is 404 g/mol. The first-order valence-corrected chi connectivity index (χ1v) is 8.76. The van der Waals surface area contributed by atoms with Crippen molar-refractivity contribution in [3.8, 4) is 0 Å². The van der Waals surface area contributed by atoms with Crippen LogP contribution in [0, 0.1) is 18.7 Å². The number of amides is 2. The van der Waals surface area contributed by atoms with Crippen LogP contribution in [0.25, 0.3) is 0 Å². The molecule has 1 unspecified atom stereocenters. The fourth-order valence-corrected chi connectivity index (χ4v) is 3.61. The van der Waals surface area contributed by atoms with Gasteiger partial charge in [-0.05, 0) is 55.0 Å². The number of benzene rings is 2. The lowest BCUT2D eigenvalue weighted by Gasteiger charge is -2.23. The Bertz CT molecular complexity index is 823. The first kappa shape index (κ1) is 17.6. The van der Waals surface area contributed by atoms with Crippen molar-refractivity contribution in [2.45, 2.75) is 13.3 Å². The summed E-state index contributed by atoms with van der Waals surface area (Å²) >= 11 is 3.41. The molecule has 130 valence electrons. The average Bonchev–Trinajstić information content (AvgIpc) is 2.96. The van der Waals surface area contributed by atoms with Crippen molar-refractivity contribution >= 4 is 39.1 Å². The van der Waals surface area contributed by atoms with Crippen LogP contribution in [0.1, 0.15) is 12.0 Å². The van der Waals surface area contributed by atoms with E-state index >= 15 is 0 Å².